The average Bonchev–Trinajstić information content (AvgIpc) is 3.37. The highest BCUT2D eigenvalue weighted by molar-refractivity contribution is 6.00. The fraction of sp³-hybridized carbons (Fsp3) is 0.385. The van der Waals surface area contributed by atoms with Crippen molar-refractivity contribution >= 4 is 5.84 Å². The first-order valence-electron chi connectivity index (χ1n) is 12.1. The van der Waals surface area contributed by atoms with Gasteiger partial charge in [0.05, 0.1) is 12.4 Å². The van der Waals surface area contributed by atoms with Gasteiger partial charge in [0, 0.05) is 31.9 Å². The number of aliphatic imine (C=N–C) groups is 1. The smallest absolute Gasteiger partial charge is 0.205 e. The molecule has 1 saturated carbocycles. The quantitative estimate of drug-likeness (QED) is 0.583. The molecule has 0 radical (unpaired) electrons. The van der Waals surface area contributed by atoms with E-state index in [1.165, 1.54) is 29.9 Å². The molecule has 8 nitrogen and oxygen atoms in total. The highest BCUT2D eigenvalue weighted by atomic mass is 15.5. The summed E-state index contributed by atoms with van der Waals surface area (Å²) in [6.07, 6.45) is 6.17. The molecule has 0 amide bonds. The molecule has 2 aliphatic heterocycles. The summed E-state index contributed by atoms with van der Waals surface area (Å²) in [6.45, 7) is 5.12. The zero-order valence-corrected chi connectivity index (χ0v) is 19.7. The van der Waals surface area contributed by atoms with E-state index in [1.54, 1.807) is 0 Å². The van der Waals surface area contributed by atoms with Gasteiger partial charge in [-0.1, -0.05) is 55.5 Å². The summed E-state index contributed by atoms with van der Waals surface area (Å²) in [6, 6.07) is 17.0. The van der Waals surface area contributed by atoms with Gasteiger partial charge in [-0.15, -0.1) is 10.2 Å². The van der Waals surface area contributed by atoms with E-state index in [-0.39, 0.29) is 6.17 Å². The summed E-state index contributed by atoms with van der Waals surface area (Å²) in [5, 5.41) is 14.6. The summed E-state index contributed by atoms with van der Waals surface area (Å²) >= 11 is 0. The van der Waals surface area contributed by atoms with Crippen LogP contribution in [0.4, 0.5) is 0 Å². The van der Waals surface area contributed by atoms with Crippen LogP contribution >= 0.6 is 0 Å². The van der Waals surface area contributed by atoms with E-state index in [0.717, 1.165) is 48.8 Å². The SMILES string of the molecule is CCC1N=C2C(=CN(C)CN2CC2CC2)N1Cc1ccc(-c2ccccc2-c2nn[nH]n2)cc1. The van der Waals surface area contributed by atoms with Crippen LogP contribution in [0.25, 0.3) is 22.5 Å². The number of hydrogen-bond donors (Lipinski definition) is 1. The Bertz CT molecular complexity index is 1210. The maximum atomic E-state index is 5.16. The van der Waals surface area contributed by atoms with E-state index in [0.29, 0.717) is 5.82 Å². The molecule has 1 fully saturated rings. The Morgan fingerprint density at radius 1 is 1.03 bits per heavy atom. The topological polar surface area (TPSA) is 76.5 Å². The van der Waals surface area contributed by atoms with Gasteiger partial charge in [0.15, 0.2) is 5.84 Å². The van der Waals surface area contributed by atoms with Crippen molar-refractivity contribution in [1.82, 2.24) is 35.3 Å². The van der Waals surface area contributed by atoms with Crippen molar-refractivity contribution < 1.29 is 0 Å². The van der Waals surface area contributed by atoms with Crippen LogP contribution in [0.15, 0.2) is 65.4 Å². The Hall–Kier alpha value is -3.68. The molecule has 0 spiro atoms. The molecule has 1 unspecified atom stereocenters. The molecule has 3 heterocycles. The number of aromatic amines is 1. The highest BCUT2D eigenvalue weighted by Gasteiger charge is 2.37. The van der Waals surface area contributed by atoms with Gasteiger partial charge in [0.2, 0.25) is 5.82 Å². The minimum atomic E-state index is 0.188. The lowest BCUT2D eigenvalue weighted by Crippen LogP contribution is -2.45. The fourth-order valence-electron chi connectivity index (χ4n) is 4.98. The van der Waals surface area contributed by atoms with Gasteiger partial charge in [0.1, 0.15) is 6.17 Å². The molecule has 1 N–H and O–H groups in total. The van der Waals surface area contributed by atoms with E-state index >= 15 is 0 Å². The van der Waals surface area contributed by atoms with Gasteiger partial charge in [-0.25, -0.2) is 4.99 Å². The summed E-state index contributed by atoms with van der Waals surface area (Å²) in [5.74, 6) is 2.63. The predicted molar refractivity (Wildman–Crippen MR) is 132 cm³/mol. The van der Waals surface area contributed by atoms with E-state index in [2.05, 4.69) is 85.8 Å². The number of rotatable bonds is 7. The lowest BCUT2D eigenvalue weighted by Gasteiger charge is -2.36. The lowest BCUT2D eigenvalue weighted by atomic mass is 9.98. The molecule has 3 aliphatic rings. The van der Waals surface area contributed by atoms with E-state index < -0.39 is 0 Å². The van der Waals surface area contributed by atoms with E-state index in [4.69, 9.17) is 4.99 Å². The van der Waals surface area contributed by atoms with Gasteiger partial charge < -0.3 is 14.7 Å². The molecular weight excluding hydrogens is 424 g/mol. The summed E-state index contributed by atoms with van der Waals surface area (Å²) in [4.78, 5) is 12.4. The molecule has 6 rings (SSSR count). The number of tetrazole rings is 1. The molecular formula is C26H30N8. The van der Waals surface area contributed by atoms with Crippen molar-refractivity contribution in [2.24, 2.45) is 10.9 Å². The second-order valence-electron chi connectivity index (χ2n) is 9.53. The van der Waals surface area contributed by atoms with Crippen molar-refractivity contribution in [3.63, 3.8) is 0 Å². The third-order valence-electron chi connectivity index (χ3n) is 6.88. The third kappa shape index (κ3) is 3.93. The van der Waals surface area contributed by atoms with Crippen molar-refractivity contribution in [2.45, 2.75) is 38.9 Å². The molecule has 174 valence electrons. The number of aromatic nitrogens is 4. The van der Waals surface area contributed by atoms with Crippen LogP contribution in [0.5, 0.6) is 0 Å². The molecule has 2 aromatic carbocycles. The number of nitrogens with zero attached hydrogens (tertiary/aromatic N) is 7. The van der Waals surface area contributed by atoms with Gasteiger partial charge in [-0.05, 0) is 47.1 Å². The first kappa shape index (κ1) is 20.9. The van der Waals surface area contributed by atoms with Crippen molar-refractivity contribution in [3.8, 4) is 22.5 Å². The van der Waals surface area contributed by atoms with Crippen LogP contribution in [-0.2, 0) is 6.54 Å². The normalized spacial score (nSPS) is 19.8. The Morgan fingerprint density at radius 2 is 1.82 bits per heavy atom. The molecule has 8 heteroatoms. The number of hydrogen-bond acceptors (Lipinski definition) is 7. The van der Waals surface area contributed by atoms with E-state index in [1.807, 2.05) is 18.2 Å². The first-order chi connectivity index (χ1) is 16.7. The highest BCUT2D eigenvalue weighted by Crippen LogP contribution is 2.35. The summed E-state index contributed by atoms with van der Waals surface area (Å²) < 4.78 is 0. The van der Waals surface area contributed by atoms with Crippen LogP contribution in [0.1, 0.15) is 31.7 Å². The molecule has 0 saturated heterocycles. The zero-order chi connectivity index (χ0) is 23.1. The second-order valence-corrected chi connectivity index (χ2v) is 9.53. The van der Waals surface area contributed by atoms with Crippen molar-refractivity contribution in [1.29, 1.82) is 0 Å². The lowest BCUT2D eigenvalue weighted by molar-refractivity contribution is 0.234. The average molecular weight is 455 g/mol. The second kappa shape index (κ2) is 8.59. The van der Waals surface area contributed by atoms with E-state index in [9.17, 15) is 0 Å². The van der Waals surface area contributed by atoms with Crippen LogP contribution in [0.3, 0.4) is 0 Å². The summed E-state index contributed by atoms with van der Waals surface area (Å²) in [7, 11) is 2.16. The fourth-order valence-corrected chi connectivity index (χ4v) is 4.98. The number of benzene rings is 2. The predicted octanol–water partition coefficient (Wildman–Crippen LogP) is 3.94. The van der Waals surface area contributed by atoms with Crippen molar-refractivity contribution in [2.75, 3.05) is 20.3 Å². The largest absolute Gasteiger partial charge is 0.361 e. The molecule has 1 aliphatic carbocycles. The van der Waals surface area contributed by atoms with Crippen molar-refractivity contribution in [3.05, 3.63) is 66.0 Å². The standard InChI is InChI=1S/C26H30N8/c1-3-24-27-26-23(16-32(2)17-33(26)14-18-8-9-18)34(24)15-19-10-12-20(13-11-19)21-6-4-5-7-22(21)25-28-30-31-29-25/h4-7,10-13,16,18,24H,3,8-9,14-15,17H2,1-2H3,(H,28,29,30,31). The summed E-state index contributed by atoms with van der Waals surface area (Å²) in [5.41, 5.74) is 5.74. The first-order valence-corrected chi connectivity index (χ1v) is 12.1. The van der Waals surface area contributed by atoms with Gasteiger partial charge in [-0.3, -0.25) is 0 Å². The van der Waals surface area contributed by atoms with Crippen LogP contribution in [-0.4, -0.2) is 67.6 Å². The maximum absolute atomic E-state index is 5.16. The maximum Gasteiger partial charge on any atom is 0.205 e. The van der Waals surface area contributed by atoms with Crippen LogP contribution in [0, 0.1) is 5.92 Å². The number of fused-ring (bicyclic) bond motifs is 1. The number of amidine groups is 1. The monoisotopic (exact) mass is 454 g/mol. The van der Waals surface area contributed by atoms with Gasteiger partial charge in [0.25, 0.3) is 0 Å². The minimum Gasteiger partial charge on any atom is -0.361 e. The van der Waals surface area contributed by atoms with Crippen LogP contribution < -0.4 is 0 Å². The zero-order valence-electron chi connectivity index (χ0n) is 19.7. The molecule has 1 aromatic heterocycles. The third-order valence-corrected chi connectivity index (χ3v) is 6.88. The Kier molecular flexibility index (Phi) is 5.28. The van der Waals surface area contributed by atoms with Crippen LogP contribution in [0.2, 0.25) is 0 Å². The number of nitrogens with one attached hydrogen (secondary N) is 1. The Morgan fingerprint density at radius 3 is 2.53 bits per heavy atom. The molecule has 0 bridgehead atoms. The molecule has 3 aromatic rings. The minimum absolute atomic E-state index is 0.188. The Balaban J connectivity index is 1.24. The van der Waals surface area contributed by atoms with Gasteiger partial charge >= 0.3 is 0 Å². The van der Waals surface area contributed by atoms with Gasteiger partial charge in [-0.2, -0.15) is 5.21 Å². The molecule has 1 atom stereocenters. The number of H-pyrrole nitrogens is 1. The Labute approximate surface area is 200 Å². The molecule has 34 heavy (non-hydrogen) atoms.